The van der Waals surface area contributed by atoms with Gasteiger partial charge in [-0.15, -0.1) is 0 Å². The molecule has 0 aliphatic carbocycles. The van der Waals surface area contributed by atoms with Crippen molar-refractivity contribution in [3.8, 4) is 11.5 Å². The van der Waals surface area contributed by atoms with Gasteiger partial charge in [-0.05, 0) is 67.6 Å². The van der Waals surface area contributed by atoms with E-state index in [2.05, 4.69) is 45.7 Å². The molecule has 1 aliphatic heterocycles. The number of benzene rings is 2. The highest BCUT2D eigenvalue weighted by molar-refractivity contribution is 5.83. The molecule has 0 saturated carbocycles. The van der Waals surface area contributed by atoms with Crippen LogP contribution in [0.2, 0.25) is 0 Å². The van der Waals surface area contributed by atoms with Gasteiger partial charge in [0, 0.05) is 43.7 Å². The van der Waals surface area contributed by atoms with E-state index in [-0.39, 0.29) is 12.7 Å². The lowest BCUT2D eigenvalue weighted by Crippen LogP contribution is -2.39. The molecule has 2 aromatic carbocycles. The average Bonchev–Trinajstić information content (AvgIpc) is 3.37. The highest BCUT2D eigenvalue weighted by atomic mass is 16.7. The number of hydrogen-bond acceptors (Lipinski definition) is 6. The maximum Gasteiger partial charge on any atom is 0.220 e. The number of aromatic amines is 1. The van der Waals surface area contributed by atoms with Gasteiger partial charge in [-0.2, -0.15) is 0 Å². The topological polar surface area (TPSA) is 85.1 Å². The average molecular weight is 510 g/mol. The summed E-state index contributed by atoms with van der Waals surface area (Å²) >= 11 is 0. The second kappa shape index (κ2) is 14.0. The van der Waals surface area contributed by atoms with E-state index in [1.165, 1.54) is 16.5 Å². The predicted octanol–water partition coefficient (Wildman–Crippen LogP) is 4.10. The van der Waals surface area contributed by atoms with E-state index in [4.69, 9.17) is 18.9 Å². The Morgan fingerprint density at radius 1 is 1.08 bits per heavy atom. The standard InChI is InChI=1S/C29H39N3O5/c1-34-17-18-36-21-37-27-9-7-22(19-28(27)35-2)8-10-29(33)30-13-16-32-14-11-23(12-15-32)25-20-31-26-6-4-3-5-24(25)26/h3-7,9,19-20,23,31H,8,10-18,21H2,1-2H3,(H,30,33). The molecule has 8 nitrogen and oxygen atoms in total. The normalized spacial score (nSPS) is 14.6. The molecule has 4 rings (SSSR count). The van der Waals surface area contributed by atoms with Crippen LogP contribution in [-0.4, -0.2) is 76.2 Å². The van der Waals surface area contributed by atoms with Gasteiger partial charge in [0.25, 0.3) is 0 Å². The van der Waals surface area contributed by atoms with Crippen molar-refractivity contribution in [3.63, 3.8) is 0 Å². The van der Waals surface area contributed by atoms with Crippen LogP contribution in [0.25, 0.3) is 10.9 Å². The number of piperidine rings is 1. The monoisotopic (exact) mass is 509 g/mol. The summed E-state index contributed by atoms with van der Waals surface area (Å²) in [5.41, 5.74) is 3.68. The number of aromatic nitrogens is 1. The summed E-state index contributed by atoms with van der Waals surface area (Å²) in [6, 6.07) is 14.3. The van der Waals surface area contributed by atoms with Gasteiger partial charge in [-0.25, -0.2) is 0 Å². The highest BCUT2D eigenvalue weighted by Crippen LogP contribution is 2.33. The molecule has 0 bridgehead atoms. The molecule has 0 radical (unpaired) electrons. The van der Waals surface area contributed by atoms with Crippen LogP contribution in [-0.2, 0) is 20.7 Å². The summed E-state index contributed by atoms with van der Waals surface area (Å²) in [7, 11) is 3.23. The second-order valence-corrected chi connectivity index (χ2v) is 9.40. The maximum atomic E-state index is 12.4. The molecule has 0 unspecified atom stereocenters. The fourth-order valence-corrected chi connectivity index (χ4v) is 4.89. The van der Waals surface area contributed by atoms with E-state index in [1.54, 1.807) is 14.2 Å². The molecule has 2 heterocycles. The van der Waals surface area contributed by atoms with Crippen LogP contribution in [0.3, 0.4) is 0 Å². The molecule has 8 heteroatoms. The Hall–Kier alpha value is -3.07. The van der Waals surface area contributed by atoms with Crippen molar-refractivity contribution in [3.05, 3.63) is 59.8 Å². The molecule has 1 aromatic heterocycles. The first-order valence-electron chi connectivity index (χ1n) is 13.1. The van der Waals surface area contributed by atoms with Crippen LogP contribution in [0, 0.1) is 0 Å². The van der Waals surface area contributed by atoms with Gasteiger partial charge in [0.2, 0.25) is 5.91 Å². The zero-order chi connectivity index (χ0) is 25.9. The van der Waals surface area contributed by atoms with Crippen molar-refractivity contribution >= 4 is 16.8 Å². The third-order valence-corrected chi connectivity index (χ3v) is 7.00. The molecule has 2 N–H and O–H groups in total. The Bertz CT molecular complexity index is 1120. The molecule has 1 saturated heterocycles. The van der Waals surface area contributed by atoms with Gasteiger partial charge >= 0.3 is 0 Å². The number of ether oxygens (including phenoxy) is 4. The van der Waals surface area contributed by atoms with Crippen LogP contribution in [0.1, 0.15) is 36.3 Å². The van der Waals surface area contributed by atoms with E-state index in [9.17, 15) is 4.79 Å². The lowest BCUT2D eigenvalue weighted by atomic mass is 9.89. The van der Waals surface area contributed by atoms with E-state index < -0.39 is 0 Å². The van der Waals surface area contributed by atoms with Crippen LogP contribution >= 0.6 is 0 Å². The maximum absolute atomic E-state index is 12.4. The number of aryl methyl sites for hydroxylation is 1. The molecule has 3 aromatic rings. The number of H-pyrrole nitrogens is 1. The van der Waals surface area contributed by atoms with Gasteiger partial charge in [-0.3, -0.25) is 4.79 Å². The molecule has 1 fully saturated rings. The van der Waals surface area contributed by atoms with Gasteiger partial charge in [0.1, 0.15) is 0 Å². The molecular weight excluding hydrogens is 470 g/mol. The zero-order valence-electron chi connectivity index (χ0n) is 22.0. The fraction of sp³-hybridized carbons (Fsp3) is 0.483. The molecule has 0 atom stereocenters. The summed E-state index contributed by atoms with van der Waals surface area (Å²) in [4.78, 5) is 18.3. The van der Waals surface area contributed by atoms with E-state index in [1.807, 2.05) is 18.2 Å². The largest absolute Gasteiger partial charge is 0.493 e. The van der Waals surface area contributed by atoms with Crippen LogP contribution in [0.5, 0.6) is 11.5 Å². The first kappa shape index (κ1) is 27.0. The van der Waals surface area contributed by atoms with E-state index in [0.717, 1.165) is 38.0 Å². The Morgan fingerprint density at radius 3 is 2.73 bits per heavy atom. The van der Waals surface area contributed by atoms with E-state index >= 15 is 0 Å². The van der Waals surface area contributed by atoms with Crippen molar-refractivity contribution in [1.29, 1.82) is 0 Å². The Balaban J connectivity index is 1.13. The predicted molar refractivity (Wildman–Crippen MR) is 144 cm³/mol. The van der Waals surface area contributed by atoms with Crippen molar-refractivity contribution in [1.82, 2.24) is 15.2 Å². The molecule has 200 valence electrons. The number of likely N-dealkylation sites (tertiary alicyclic amines) is 1. The lowest BCUT2D eigenvalue weighted by molar-refractivity contribution is -0.121. The first-order valence-corrected chi connectivity index (χ1v) is 13.1. The number of carbonyl (C=O) groups excluding carboxylic acids is 1. The fourth-order valence-electron chi connectivity index (χ4n) is 4.89. The van der Waals surface area contributed by atoms with Crippen molar-refractivity contribution < 1.29 is 23.7 Å². The number of rotatable bonds is 14. The number of amides is 1. The number of hydrogen-bond donors (Lipinski definition) is 2. The Labute approximate surface area is 219 Å². The first-order chi connectivity index (χ1) is 18.2. The SMILES string of the molecule is COCCOCOc1ccc(CCC(=O)NCCN2CCC(c3c[nH]c4ccccc34)CC2)cc1OC. The molecule has 0 spiro atoms. The van der Waals surface area contributed by atoms with Crippen molar-refractivity contribution in [2.45, 2.75) is 31.6 Å². The number of nitrogens with one attached hydrogen (secondary N) is 2. The minimum absolute atomic E-state index is 0.0690. The summed E-state index contributed by atoms with van der Waals surface area (Å²) in [5.74, 6) is 1.91. The lowest BCUT2D eigenvalue weighted by Gasteiger charge is -2.32. The van der Waals surface area contributed by atoms with Gasteiger partial charge < -0.3 is 34.1 Å². The summed E-state index contributed by atoms with van der Waals surface area (Å²) in [5, 5.41) is 4.43. The van der Waals surface area contributed by atoms with Crippen LogP contribution < -0.4 is 14.8 Å². The van der Waals surface area contributed by atoms with Crippen LogP contribution in [0.15, 0.2) is 48.7 Å². The molecule has 1 amide bonds. The highest BCUT2D eigenvalue weighted by Gasteiger charge is 2.22. The van der Waals surface area contributed by atoms with Crippen molar-refractivity contribution in [2.75, 3.05) is 60.4 Å². The number of nitrogens with zero attached hydrogens (tertiary/aromatic N) is 1. The number of carbonyl (C=O) groups is 1. The van der Waals surface area contributed by atoms with Gasteiger partial charge in [0.15, 0.2) is 18.3 Å². The second-order valence-electron chi connectivity index (χ2n) is 9.40. The van der Waals surface area contributed by atoms with Crippen LogP contribution in [0.4, 0.5) is 0 Å². The zero-order valence-corrected chi connectivity index (χ0v) is 22.0. The smallest absolute Gasteiger partial charge is 0.220 e. The minimum Gasteiger partial charge on any atom is -0.493 e. The molecular formula is C29H39N3O5. The summed E-state index contributed by atoms with van der Waals surface area (Å²) < 4.78 is 21.4. The minimum atomic E-state index is 0.0690. The number of methoxy groups -OCH3 is 2. The van der Waals surface area contributed by atoms with E-state index in [0.29, 0.717) is 50.0 Å². The third-order valence-electron chi connectivity index (χ3n) is 7.00. The molecule has 1 aliphatic rings. The van der Waals surface area contributed by atoms with Gasteiger partial charge in [0.05, 0.1) is 20.3 Å². The number of fused-ring (bicyclic) bond motifs is 1. The third kappa shape index (κ3) is 7.71. The molecule has 37 heavy (non-hydrogen) atoms. The summed E-state index contributed by atoms with van der Waals surface area (Å²) in [6.07, 6.45) is 5.56. The number of para-hydroxylation sites is 1. The van der Waals surface area contributed by atoms with Gasteiger partial charge in [-0.1, -0.05) is 24.3 Å². The Kier molecular flexibility index (Phi) is 10.2. The van der Waals surface area contributed by atoms with Crippen molar-refractivity contribution in [2.24, 2.45) is 0 Å². The Morgan fingerprint density at radius 2 is 1.92 bits per heavy atom. The summed E-state index contributed by atoms with van der Waals surface area (Å²) in [6.45, 7) is 4.80. The quantitative estimate of drug-likeness (QED) is 0.251.